The first-order valence-corrected chi connectivity index (χ1v) is 12.5. The van der Waals surface area contributed by atoms with Gasteiger partial charge in [-0.15, -0.1) is 0 Å². The van der Waals surface area contributed by atoms with E-state index in [2.05, 4.69) is 74.1 Å². The lowest BCUT2D eigenvalue weighted by Gasteiger charge is -2.46. The molecule has 4 nitrogen and oxygen atoms in total. The topological polar surface area (TPSA) is 37.7 Å². The number of rotatable bonds is 7. The molecule has 5 rings (SSSR count). The maximum Gasteiger partial charge on any atom is 0.228 e. The van der Waals surface area contributed by atoms with Crippen LogP contribution in [0.3, 0.4) is 0 Å². The minimum absolute atomic E-state index is 0.248. The van der Waals surface area contributed by atoms with E-state index in [0.29, 0.717) is 0 Å². The number of nitrogens with zero attached hydrogens (tertiary/aromatic N) is 3. The molecule has 0 saturated heterocycles. The Kier molecular flexibility index (Phi) is 5.64. The van der Waals surface area contributed by atoms with E-state index in [1.54, 1.807) is 0 Å². The van der Waals surface area contributed by atoms with Crippen LogP contribution in [0, 0.1) is 6.92 Å². The van der Waals surface area contributed by atoms with Gasteiger partial charge in [0.05, 0.1) is 11.6 Å². The molecule has 0 saturated carbocycles. The lowest BCUT2D eigenvalue weighted by atomic mass is 9.77. The zero-order valence-electron chi connectivity index (χ0n) is 20.4. The quantitative estimate of drug-likeness (QED) is 0.356. The van der Waals surface area contributed by atoms with Gasteiger partial charge in [-0.2, -0.15) is 0 Å². The number of aliphatic imine (C=N–C) groups is 1. The molecule has 0 fully saturated rings. The molecule has 2 aliphatic heterocycles. The molecule has 3 heterocycles. The molecular weight excluding hydrogens is 406 g/mol. The molecule has 1 aromatic heterocycles. The van der Waals surface area contributed by atoms with Crippen molar-refractivity contribution in [1.82, 2.24) is 4.98 Å². The first kappa shape index (κ1) is 21.9. The largest absolute Gasteiger partial charge is 0.459 e. The van der Waals surface area contributed by atoms with Gasteiger partial charge < -0.3 is 9.64 Å². The van der Waals surface area contributed by atoms with Crippen molar-refractivity contribution in [2.45, 2.75) is 77.4 Å². The number of anilines is 1. The van der Waals surface area contributed by atoms with Crippen molar-refractivity contribution < 1.29 is 4.74 Å². The fourth-order valence-electron chi connectivity index (χ4n) is 5.53. The summed E-state index contributed by atoms with van der Waals surface area (Å²) in [7, 11) is 0. The Bertz CT molecular complexity index is 1200. The van der Waals surface area contributed by atoms with E-state index in [-0.39, 0.29) is 5.41 Å². The molecule has 0 N–H and O–H groups in total. The van der Waals surface area contributed by atoms with Gasteiger partial charge in [-0.25, -0.2) is 0 Å². The van der Waals surface area contributed by atoms with E-state index >= 15 is 0 Å². The van der Waals surface area contributed by atoms with Gasteiger partial charge in [-0.05, 0) is 56.3 Å². The van der Waals surface area contributed by atoms with Crippen LogP contribution in [0.25, 0.3) is 10.8 Å². The molecular formula is C29H35N3O. The second-order valence-corrected chi connectivity index (χ2v) is 10.1. The second kappa shape index (κ2) is 8.48. The van der Waals surface area contributed by atoms with Crippen molar-refractivity contribution in [3.63, 3.8) is 0 Å². The van der Waals surface area contributed by atoms with Crippen LogP contribution in [0.2, 0.25) is 0 Å². The van der Waals surface area contributed by atoms with Gasteiger partial charge in [-0.1, -0.05) is 62.8 Å². The lowest BCUT2D eigenvalue weighted by molar-refractivity contribution is 0.0774. The Labute approximate surface area is 197 Å². The van der Waals surface area contributed by atoms with Crippen molar-refractivity contribution >= 4 is 28.4 Å². The average molecular weight is 442 g/mol. The number of hydrogen-bond acceptors (Lipinski definition) is 4. The number of pyridine rings is 1. The number of unbranched alkanes of at least 4 members (excludes halogenated alkanes) is 5. The van der Waals surface area contributed by atoms with Crippen LogP contribution in [0.4, 0.5) is 11.4 Å². The number of hydrogen-bond donors (Lipinski definition) is 0. The molecule has 1 spiro atoms. The summed E-state index contributed by atoms with van der Waals surface area (Å²) in [6, 6.07) is 13.0. The standard InChI is InChI=1S/C29H35N3O/c1-5-6-7-8-9-10-17-32-25-13-11-21(2)18-24(25)28(3,4)29(32)20-31-27-23-19-30-16-15-22(23)12-14-26(27)33-29/h11-16,18-20H,5-10,17H2,1-4H3. The summed E-state index contributed by atoms with van der Waals surface area (Å²) < 4.78 is 6.98. The number of fused-ring (bicyclic) bond motifs is 4. The molecule has 0 bridgehead atoms. The van der Waals surface area contributed by atoms with Gasteiger partial charge in [0.25, 0.3) is 0 Å². The summed E-state index contributed by atoms with van der Waals surface area (Å²) in [5, 5.41) is 2.17. The monoisotopic (exact) mass is 441 g/mol. The molecule has 2 aliphatic rings. The number of ether oxygens (including phenoxy) is 1. The van der Waals surface area contributed by atoms with Crippen LogP contribution in [-0.2, 0) is 5.41 Å². The zero-order chi connectivity index (χ0) is 23.1. The Morgan fingerprint density at radius 3 is 2.64 bits per heavy atom. The molecule has 0 radical (unpaired) electrons. The van der Waals surface area contributed by atoms with Crippen LogP contribution in [0.1, 0.15) is 70.4 Å². The smallest absolute Gasteiger partial charge is 0.228 e. The maximum atomic E-state index is 6.98. The van der Waals surface area contributed by atoms with Crippen molar-refractivity contribution in [3.8, 4) is 5.75 Å². The highest BCUT2D eigenvalue weighted by molar-refractivity contribution is 5.99. The number of aryl methyl sites for hydroxylation is 1. The third kappa shape index (κ3) is 3.51. The molecule has 33 heavy (non-hydrogen) atoms. The third-order valence-corrected chi connectivity index (χ3v) is 7.54. The summed E-state index contributed by atoms with van der Waals surface area (Å²) in [4.78, 5) is 11.8. The van der Waals surface area contributed by atoms with Crippen molar-refractivity contribution in [2.24, 2.45) is 4.99 Å². The Hall–Kier alpha value is -2.88. The summed E-state index contributed by atoms with van der Waals surface area (Å²) >= 11 is 0. The fourth-order valence-corrected chi connectivity index (χ4v) is 5.53. The van der Waals surface area contributed by atoms with Gasteiger partial charge in [-0.3, -0.25) is 9.98 Å². The van der Waals surface area contributed by atoms with Crippen LogP contribution in [0.15, 0.2) is 53.8 Å². The molecule has 0 aliphatic carbocycles. The minimum atomic E-state index is -0.643. The summed E-state index contributed by atoms with van der Waals surface area (Å²) in [5.41, 5.74) is 3.89. The molecule has 172 valence electrons. The molecule has 1 unspecified atom stereocenters. The van der Waals surface area contributed by atoms with Crippen LogP contribution < -0.4 is 9.64 Å². The van der Waals surface area contributed by atoms with Crippen LogP contribution >= 0.6 is 0 Å². The normalized spacial score (nSPS) is 20.2. The van der Waals surface area contributed by atoms with Gasteiger partial charge in [0.2, 0.25) is 5.72 Å². The second-order valence-electron chi connectivity index (χ2n) is 10.1. The highest BCUT2D eigenvalue weighted by Crippen LogP contribution is 2.55. The maximum absolute atomic E-state index is 6.98. The van der Waals surface area contributed by atoms with E-state index < -0.39 is 5.72 Å². The Balaban J connectivity index is 1.53. The molecule has 1 atom stereocenters. The fraction of sp³-hybridized carbons (Fsp3) is 0.448. The predicted molar refractivity (Wildman–Crippen MR) is 138 cm³/mol. The third-order valence-electron chi connectivity index (χ3n) is 7.54. The zero-order valence-corrected chi connectivity index (χ0v) is 20.4. The molecule has 3 aromatic rings. The average Bonchev–Trinajstić information content (AvgIpc) is 2.99. The van der Waals surface area contributed by atoms with E-state index in [1.807, 2.05) is 18.5 Å². The first-order chi connectivity index (χ1) is 16.0. The van der Waals surface area contributed by atoms with E-state index in [4.69, 9.17) is 9.73 Å². The SMILES string of the molecule is CCCCCCCCN1c2ccc(C)cc2C(C)(C)C12C=Nc1c(ccc3ccncc13)O2. The van der Waals surface area contributed by atoms with Crippen molar-refractivity contribution in [3.05, 3.63) is 59.9 Å². The van der Waals surface area contributed by atoms with E-state index in [0.717, 1.165) is 35.2 Å². The van der Waals surface area contributed by atoms with Gasteiger partial charge >= 0.3 is 0 Å². The first-order valence-electron chi connectivity index (χ1n) is 12.5. The van der Waals surface area contributed by atoms with Crippen molar-refractivity contribution in [2.75, 3.05) is 11.4 Å². The molecule has 2 aromatic carbocycles. The van der Waals surface area contributed by atoms with E-state index in [1.165, 1.54) is 48.9 Å². The van der Waals surface area contributed by atoms with Gasteiger partial charge in [0, 0.05) is 30.0 Å². The summed E-state index contributed by atoms with van der Waals surface area (Å²) in [5.74, 6) is 0.837. The molecule has 4 heteroatoms. The lowest BCUT2D eigenvalue weighted by Crippen LogP contribution is -2.62. The Morgan fingerprint density at radius 1 is 0.970 bits per heavy atom. The number of benzene rings is 2. The van der Waals surface area contributed by atoms with Crippen molar-refractivity contribution in [1.29, 1.82) is 0 Å². The van der Waals surface area contributed by atoms with Gasteiger partial charge in [0.1, 0.15) is 11.4 Å². The van der Waals surface area contributed by atoms with E-state index in [9.17, 15) is 0 Å². The number of aromatic nitrogens is 1. The molecule has 0 amide bonds. The highest BCUT2D eigenvalue weighted by atomic mass is 16.5. The summed E-state index contributed by atoms with van der Waals surface area (Å²) in [6.45, 7) is 10.00. The predicted octanol–water partition coefficient (Wildman–Crippen LogP) is 7.49. The minimum Gasteiger partial charge on any atom is -0.459 e. The Morgan fingerprint density at radius 2 is 1.79 bits per heavy atom. The van der Waals surface area contributed by atoms with Crippen LogP contribution in [0.5, 0.6) is 5.75 Å². The van der Waals surface area contributed by atoms with Gasteiger partial charge in [0.15, 0.2) is 0 Å². The highest BCUT2D eigenvalue weighted by Gasteiger charge is 2.59. The van der Waals surface area contributed by atoms with Crippen LogP contribution in [-0.4, -0.2) is 23.5 Å². The summed E-state index contributed by atoms with van der Waals surface area (Å²) in [6.07, 6.45) is 13.4.